The molecule has 2 bridgehead atoms. The van der Waals surface area contributed by atoms with Crippen molar-refractivity contribution in [2.24, 2.45) is 0 Å². The third-order valence-corrected chi connectivity index (χ3v) is 7.01. The lowest BCUT2D eigenvalue weighted by molar-refractivity contribution is -0.137. The summed E-state index contributed by atoms with van der Waals surface area (Å²) in [7, 11) is -3.19. The Kier molecular flexibility index (Phi) is 5.58. The number of carbonyl (C=O) groups excluding carboxylic acids is 1. The average Bonchev–Trinajstić information content (AvgIpc) is 2.97. The third-order valence-electron chi connectivity index (χ3n) is 5.88. The number of nitrogens with zero attached hydrogens (tertiary/aromatic N) is 2. The van der Waals surface area contributed by atoms with E-state index in [1.54, 1.807) is 30.5 Å². The molecule has 0 N–H and O–H groups in total. The van der Waals surface area contributed by atoms with Crippen LogP contribution in [0.15, 0.2) is 53.6 Å². The van der Waals surface area contributed by atoms with E-state index >= 15 is 0 Å². The summed E-state index contributed by atoms with van der Waals surface area (Å²) >= 11 is 0. The van der Waals surface area contributed by atoms with Crippen LogP contribution in [0.5, 0.6) is 5.88 Å². The van der Waals surface area contributed by atoms with Gasteiger partial charge in [-0.25, -0.2) is 13.4 Å². The number of piperidine rings is 1. The highest BCUT2D eigenvalue weighted by Crippen LogP contribution is 2.37. The topological polar surface area (TPSA) is 76.6 Å². The Bertz CT molecular complexity index is 946. The van der Waals surface area contributed by atoms with Gasteiger partial charge in [0.2, 0.25) is 11.8 Å². The van der Waals surface area contributed by atoms with E-state index < -0.39 is 9.84 Å². The zero-order valence-electron chi connectivity index (χ0n) is 16.5. The number of sulfone groups is 1. The monoisotopic (exact) mass is 414 g/mol. The second-order valence-electron chi connectivity index (χ2n) is 7.98. The highest BCUT2D eigenvalue weighted by Gasteiger charge is 2.43. The Morgan fingerprint density at radius 2 is 1.79 bits per heavy atom. The molecule has 6 nitrogen and oxygen atoms in total. The number of amides is 1. The minimum atomic E-state index is -3.19. The molecule has 1 aromatic carbocycles. The predicted molar refractivity (Wildman–Crippen MR) is 109 cm³/mol. The molecule has 3 heterocycles. The van der Waals surface area contributed by atoms with Crippen molar-refractivity contribution in [1.82, 2.24) is 9.88 Å². The smallest absolute Gasteiger partial charge is 0.223 e. The minimum Gasteiger partial charge on any atom is -0.474 e. The van der Waals surface area contributed by atoms with Crippen LogP contribution in [-0.4, -0.2) is 48.7 Å². The molecule has 2 aliphatic rings. The lowest BCUT2D eigenvalue weighted by atomic mass is 9.98. The molecule has 29 heavy (non-hydrogen) atoms. The minimum absolute atomic E-state index is 0.106. The van der Waals surface area contributed by atoms with Crippen molar-refractivity contribution in [2.75, 3.05) is 6.26 Å². The summed E-state index contributed by atoms with van der Waals surface area (Å²) in [5.41, 5.74) is 0.978. The summed E-state index contributed by atoms with van der Waals surface area (Å²) in [6, 6.07) is 12.9. The molecule has 2 saturated heterocycles. The summed E-state index contributed by atoms with van der Waals surface area (Å²) in [4.78, 5) is 19.5. The van der Waals surface area contributed by atoms with Crippen molar-refractivity contribution < 1.29 is 17.9 Å². The van der Waals surface area contributed by atoms with Gasteiger partial charge >= 0.3 is 0 Å². The van der Waals surface area contributed by atoms with Crippen LogP contribution in [0.4, 0.5) is 0 Å². The van der Waals surface area contributed by atoms with Crippen LogP contribution in [0.3, 0.4) is 0 Å². The van der Waals surface area contributed by atoms with Crippen molar-refractivity contribution in [1.29, 1.82) is 0 Å². The number of benzene rings is 1. The normalized spacial score (nSPS) is 23.8. The summed E-state index contributed by atoms with van der Waals surface area (Å²) in [6.45, 7) is 0. The lowest BCUT2D eigenvalue weighted by Gasteiger charge is -2.38. The van der Waals surface area contributed by atoms with Gasteiger partial charge in [0.15, 0.2) is 9.84 Å². The number of pyridine rings is 1. The Hall–Kier alpha value is -2.41. The first kappa shape index (κ1) is 19.9. The summed E-state index contributed by atoms with van der Waals surface area (Å²) in [5.74, 6) is 0.829. The molecule has 0 spiro atoms. The van der Waals surface area contributed by atoms with E-state index in [9.17, 15) is 13.2 Å². The lowest BCUT2D eigenvalue weighted by Crippen LogP contribution is -2.49. The Morgan fingerprint density at radius 1 is 1.10 bits per heavy atom. The number of hydrogen-bond acceptors (Lipinski definition) is 5. The molecular weight excluding hydrogens is 388 g/mol. The molecule has 1 aromatic heterocycles. The van der Waals surface area contributed by atoms with E-state index in [-0.39, 0.29) is 24.1 Å². The molecule has 1 amide bonds. The standard InChI is InChI=1S/C22H26N2O4S/c1-29(26,27)20-10-5-16(6-11-20)7-12-22(25)24-17-8-9-18(24)15-19(14-17)28-21-4-2-3-13-23-21/h2-6,10-11,13,17-19H,7-9,12,14-15H2,1H3. The number of aromatic nitrogens is 1. The third kappa shape index (κ3) is 4.61. The van der Waals surface area contributed by atoms with Gasteiger partial charge in [-0.3, -0.25) is 4.79 Å². The molecule has 0 aliphatic carbocycles. The first-order chi connectivity index (χ1) is 13.9. The largest absolute Gasteiger partial charge is 0.474 e. The molecule has 2 atom stereocenters. The molecular formula is C22H26N2O4S. The fourth-order valence-corrected chi connectivity index (χ4v) is 5.13. The van der Waals surface area contributed by atoms with Crippen molar-refractivity contribution >= 4 is 15.7 Å². The van der Waals surface area contributed by atoms with Gasteiger partial charge in [-0.2, -0.15) is 0 Å². The van der Waals surface area contributed by atoms with E-state index in [2.05, 4.69) is 9.88 Å². The van der Waals surface area contributed by atoms with Crippen LogP contribution in [0.25, 0.3) is 0 Å². The van der Waals surface area contributed by atoms with Gasteiger partial charge in [0, 0.05) is 49.9 Å². The highest BCUT2D eigenvalue weighted by molar-refractivity contribution is 7.90. The van der Waals surface area contributed by atoms with Gasteiger partial charge in [0.25, 0.3) is 0 Å². The number of aryl methyl sites for hydroxylation is 1. The van der Waals surface area contributed by atoms with Gasteiger partial charge in [-0.05, 0) is 43.0 Å². The van der Waals surface area contributed by atoms with E-state index in [0.717, 1.165) is 31.2 Å². The second kappa shape index (κ2) is 8.14. The zero-order valence-corrected chi connectivity index (χ0v) is 17.3. The van der Waals surface area contributed by atoms with Gasteiger partial charge in [0.05, 0.1) is 4.90 Å². The van der Waals surface area contributed by atoms with Crippen molar-refractivity contribution in [2.45, 2.75) is 61.6 Å². The number of carbonyl (C=O) groups is 1. The quantitative estimate of drug-likeness (QED) is 0.726. The van der Waals surface area contributed by atoms with Gasteiger partial charge in [-0.15, -0.1) is 0 Å². The number of hydrogen-bond donors (Lipinski definition) is 0. The Labute approximate surface area is 171 Å². The van der Waals surface area contributed by atoms with Crippen LogP contribution in [0.2, 0.25) is 0 Å². The van der Waals surface area contributed by atoms with Crippen molar-refractivity contribution in [3.05, 3.63) is 54.2 Å². The van der Waals surface area contributed by atoms with Gasteiger partial charge < -0.3 is 9.64 Å². The molecule has 154 valence electrons. The maximum absolute atomic E-state index is 12.9. The maximum atomic E-state index is 12.9. The van der Waals surface area contributed by atoms with Crippen molar-refractivity contribution in [3.63, 3.8) is 0 Å². The predicted octanol–water partition coefficient (Wildman–Crippen LogP) is 3.02. The molecule has 2 aromatic rings. The molecule has 2 aliphatic heterocycles. The Morgan fingerprint density at radius 3 is 2.38 bits per heavy atom. The fourth-order valence-electron chi connectivity index (χ4n) is 4.50. The number of fused-ring (bicyclic) bond motifs is 2. The summed E-state index contributed by atoms with van der Waals surface area (Å²) in [5, 5.41) is 0. The molecule has 0 radical (unpaired) electrons. The van der Waals surface area contributed by atoms with Crippen LogP contribution >= 0.6 is 0 Å². The zero-order chi connectivity index (χ0) is 20.4. The van der Waals surface area contributed by atoms with Gasteiger partial charge in [0.1, 0.15) is 6.10 Å². The number of ether oxygens (including phenoxy) is 1. The highest BCUT2D eigenvalue weighted by atomic mass is 32.2. The SMILES string of the molecule is CS(=O)(=O)c1ccc(CCC(=O)N2C3CCC2CC(Oc2ccccn2)C3)cc1. The second-order valence-corrected chi connectivity index (χ2v) is 10.00. The van der Waals surface area contributed by atoms with Crippen LogP contribution in [0.1, 0.15) is 37.7 Å². The molecule has 7 heteroatoms. The van der Waals surface area contributed by atoms with E-state index in [0.29, 0.717) is 23.6 Å². The summed E-state index contributed by atoms with van der Waals surface area (Å²) in [6.07, 6.45) is 7.85. The van der Waals surface area contributed by atoms with E-state index in [1.165, 1.54) is 6.26 Å². The molecule has 2 unspecified atom stereocenters. The first-order valence-electron chi connectivity index (χ1n) is 10.1. The van der Waals surface area contributed by atoms with Crippen LogP contribution in [0, 0.1) is 0 Å². The number of rotatable bonds is 6. The summed E-state index contributed by atoms with van der Waals surface area (Å²) < 4.78 is 29.2. The van der Waals surface area contributed by atoms with Crippen molar-refractivity contribution in [3.8, 4) is 5.88 Å². The van der Waals surface area contributed by atoms with Gasteiger partial charge in [-0.1, -0.05) is 18.2 Å². The Balaban J connectivity index is 1.33. The van der Waals surface area contributed by atoms with Crippen LogP contribution < -0.4 is 4.74 Å². The first-order valence-corrected chi connectivity index (χ1v) is 12.0. The van der Waals surface area contributed by atoms with Crippen LogP contribution in [-0.2, 0) is 21.1 Å². The maximum Gasteiger partial charge on any atom is 0.223 e. The van der Waals surface area contributed by atoms with E-state index in [1.807, 2.05) is 18.2 Å². The molecule has 0 saturated carbocycles. The molecule has 4 rings (SSSR count). The molecule has 2 fully saturated rings. The average molecular weight is 415 g/mol. The fraction of sp³-hybridized carbons (Fsp3) is 0.455. The van der Waals surface area contributed by atoms with E-state index in [4.69, 9.17) is 4.74 Å².